The van der Waals surface area contributed by atoms with Crippen LogP contribution in [0.2, 0.25) is 0 Å². The van der Waals surface area contributed by atoms with Crippen LogP contribution < -0.4 is 5.73 Å². The van der Waals surface area contributed by atoms with Gasteiger partial charge in [-0.2, -0.15) is 4.31 Å². The molecule has 1 aliphatic rings. The molecule has 0 amide bonds. The largest absolute Gasteiger partial charge is 0.330 e. The minimum atomic E-state index is -3.36. The van der Waals surface area contributed by atoms with Gasteiger partial charge < -0.3 is 5.73 Å². The molecule has 17 heavy (non-hydrogen) atoms. The van der Waals surface area contributed by atoms with Crippen LogP contribution in [0.4, 0.5) is 0 Å². The summed E-state index contributed by atoms with van der Waals surface area (Å²) in [6, 6.07) is 6.79. The van der Waals surface area contributed by atoms with E-state index in [0.717, 1.165) is 10.9 Å². The van der Waals surface area contributed by atoms with E-state index >= 15 is 0 Å². The molecule has 1 fully saturated rings. The van der Waals surface area contributed by atoms with Crippen LogP contribution in [0.1, 0.15) is 6.42 Å². The summed E-state index contributed by atoms with van der Waals surface area (Å²) in [6.45, 7) is 1.65. The molecule has 94 valence electrons. The molecule has 0 bridgehead atoms. The summed E-state index contributed by atoms with van der Waals surface area (Å²) in [6.07, 6.45) is 0.851. The average molecular weight is 319 g/mol. The molecule has 1 aliphatic heterocycles. The first-order chi connectivity index (χ1) is 8.04. The van der Waals surface area contributed by atoms with Crippen LogP contribution >= 0.6 is 15.9 Å². The van der Waals surface area contributed by atoms with E-state index in [1.165, 1.54) is 4.31 Å². The second kappa shape index (κ2) is 5.06. The number of halogens is 1. The molecule has 2 rings (SSSR count). The van der Waals surface area contributed by atoms with Gasteiger partial charge in [0, 0.05) is 17.6 Å². The first-order valence-corrected chi connectivity index (χ1v) is 7.73. The van der Waals surface area contributed by atoms with Crippen molar-refractivity contribution in [2.24, 2.45) is 11.7 Å². The SMILES string of the molecule is NC[C@H]1CCN(S(=O)(=O)c2cccc(Br)c2)C1. The molecule has 0 saturated carbocycles. The number of nitrogens with zero attached hydrogens (tertiary/aromatic N) is 1. The van der Waals surface area contributed by atoms with Gasteiger partial charge in [0.1, 0.15) is 0 Å². The number of rotatable bonds is 3. The van der Waals surface area contributed by atoms with E-state index in [1.807, 2.05) is 6.07 Å². The highest BCUT2D eigenvalue weighted by Crippen LogP contribution is 2.25. The fourth-order valence-electron chi connectivity index (χ4n) is 1.98. The van der Waals surface area contributed by atoms with Crippen molar-refractivity contribution >= 4 is 26.0 Å². The Morgan fingerprint density at radius 1 is 1.47 bits per heavy atom. The van der Waals surface area contributed by atoms with Gasteiger partial charge in [-0.3, -0.25) is 0 Å². The smallest absolute Gasteiger partial charge is 0.243 e. The quantitative estimate of drug-likeness (QED) is 0.916. The third-order valence-corrected chi connectivity index (χ3v) is 5.37. The van der Waals surface area contributed by atoms with Crippen molar-refractivity contribution in [3.05, 3.63) is 28.7 Å². The van der Waals surface area contributed by atoms with E-state index in [1.54, 1.807) is 18.2 Å². The molecule has 1 aromatic rings. The van der Waals surface area contributed by atoms with Gasteiger partial charge in [-0.25, -0.2) is 8.42 Å². The van der Waals surface area contributed by atoms with Crippen LogP contribution in [0.25, 0.3) is 0 Å². The van der Waals surface area contributed by atoms with Crippen LogP contribution in [0.3, 0.4) is 0 Å². The van der Waals surface area contributed by atoms with Crippen molar-refractivity contribution in [3.63, 3.8) is 0 Å². The Morgan fingerprint density at radius 2 is 2.24 bits per heavy atom. The van der Waals surface area contributed by atoms with Crippen molar-refractivity contribution in [1.29, 1.82) is 0 Å². The van der Waals surface area contributed by atoms with Crippen LogP contribution in [0.15, 0.2) is 33.6 Å². The molecular weight excluding hydrogens is 304 g/mol. The summed E-state index contributed by atoms with van der Waals surface area (Å²) in [4.78, 5) is 0.338. The number of hydrogen-bond acceptors (Lipinski definition) is 3. The predicted octanol–water partition coefficient (Wildman–Crippen LogP) is 1.42. The van der Waals surface area contributed by atoms with E-state index in [2.05, 4.69) is 15.9 Å². The van der Waals surface area contributed by atoms with Gasteiger partial charge in [0.25, 0.3) is 0 Å². The maximum absolute atomic E-state index is 12.3. The highest BCUT2D eigenvalue weighted by Gasteiger charge is 2.31. The summed E-state index contributed by atoms with van der Waals surface area (Å²) in [5, 5.41) is 0. The van der Waals surface area contributed by atoms with Crippen molar-refractivity contribution in [3.8, 4) is 0 Å². The van der Waals surface area contributed by atoms with Gasteiger partial charge >= 0.3 is 0 Å². The summed E-state index contributed by atoms with van der Waals surface area (Å²) in [7, 11) is -3.36. The molecule has 1 atom stereocenters. The Morgan fingerprint density at radius 3 is 2.82 bits per heavy atom. The van der Waals surface area contributed by atoms with Gasteiger partial charge in [-0.1, -0.05) is 22.0 Å². The van der Waals surface area contributed by atoms with E-state index in [-0.39, 0.29) is 5.92 Å². The Kier molecular flexibility index (Phi) is 3.87. The molecule has 4 nitrogen and oxygen atoms in total. The lowest BCUT2D eigenvalue weighted by atomic mass is 10.1. The fraction of sp³-hybridized carbons (Fsp3) is 0.455. The van der Waals surface area contributed by atoms with Gasteiger partial charge in [-0.05, 0) is 37.1 Å². The molecule has 6 heteroatoms. The highest BCUT2D eigenvalue weighted by atomic mass is 79.9. The molecule has 1 saturated heterocycles. The molecule has 0 unspecified atom stereocenters. The predicted molar refractivity (Wildman–Crippen MR) is 70.1 cm³/mol. The summed E-state index contributed by atoms with van der Waals surface area (Å²) >= 11 is 3.29. The lowest BCUT2D eigenvalue weighted by molar-refractivity contribution is 0.459. The van der Waals surface area contributed by atoms with Crippen molar-refractivity contribution < 1.29 is 8.42 Å². The van der Waals surface area contributed by atoms with Gasteiger partial charge in [0.15, 0.2) is 0 Å². The minimum absolute atomic E-state index is 0.289. The second-order valence-electron chi connectivity index (χ2n) is 4.21. The molecule has 0 aliphatic carbocycles. The first kappa shape index (κ1) is 13.0. The van der Waals surface area contributed by atoms with E-state index in [9.17, 15) is 8.42 Å². The molecule has 0 radical (unpaired) electrons. The monoisotopic (exact) mass is 318 g/mol. The Bertz CT molecular complexity index is 504. The number of sulfonamides is 1. The zero-order valence-corrected chi connectivity index (χ0v) is 11.7. The minimum Gasteiger partial charge on any atom is -0.330 e. The van der Waals surface area contributed by atoms with Crippen LogP contribution in [0, 0.1) is 5.92 Å². The van der Waals surface area contributed by atoms with Gasteiger partial charge in [-0.15, -0.1) is 0 Å². The zero-order valence-electron chi connectivity index (χ0n) is 9.34. The standard InChI is InChI=1S/C11H15BrN2O2S/c12-10-2-1-3-11(6-10)17(15,16)14-5-4-9(7-13)8-14/h1-3,6,9H,4-5,7-8,13H2/t9-/m1/s1. The van der Waals surface area contributed by atoms with Crippen LogP contribution in [0.5, 0.6) is 0 Å². The van der Waals surface area contributed by atoms with E-state index in [4.69, 9.17) is 5.73 Å². The fourth-order valence-corrected chi connectivity index (χ4v) is 4.11. The molecule has 1 heterocycles. The Balaban J connectivity index is 2.25. The topological polar surface area (TPSA) is 63.4 Å². The summed E-state index contributed by atoms with van der Waals surface area (Å²) in [5.41, 5.74) is 5.57. The maximum atomic E-state index is 12.3. The van der Waals surface area contributed by atoms with Gasteiger partial charge in [0.05, 0.1) is 4.90 Å². The van der Waals surface area contributed by atoms with E-state index in [0.29, 0.717) is 24.5 Å². The molecule has 1 aromatic carbocycles. The molecule has 0 aromatic heterocycles. The van der Waals surface area contributed by atoms with E-state index < -0.39 is 10.0 Å². The zero-order chi connectivity index (χ0) is 12.5. The first-order valence-electron chi connectivity index (χ1n) is 5.50. The average Bonchev–Trinajstić information content (AvgIpc) is 2.78. The molecule has 0 spiro atoms. The summed E-state index contributed by atoms with van der Waals surface area (Å²) in [5.74, 6) is 0.289. The second-order valence-corrected chi connectivity index (χ2v) is 7.06. The molecule has 2 N–H and O–H groups in total. The highest BCUT2D eigenvalue weighted by molar-refractivity contribution is 9.10. The Labute approximate surface area is 110 Å². The van der Waals surface area contributed by atoms with Gasteiger partial charge in [0.2, 0.25) is 10.0 Å². The number of nitrogens with two attached hydrogens (primary N) is 1. The normalized spacial score (nSPS) is 21.9. The third kappa shape index (κ3) is 2.70. The maximum Gasteiger partial charge on any atom is 0.243 e. The van der Waals surface area contributed by atoms with Crippen molar-refractivity contribution in [2.75, 3.05) is 19.6 Å². The van der Waals surface area contributed by atoms with Crippen molar-refractivity contribution in [2.45, 2.75) is 11.3 Å². The molecular formula is C11H15BrN2O2S. The van der Waals surface area contributed by atoms with Crippen molar-refractivity contribution in [1.82, 2.24) is 4.31 Å². The summed E-state index contributed by atoms with van der Waals surface area (Å²) < 4.78 is 26.9. The number of benzene rings is 1. The third-order valence-electron chi connectivity index (χ3n) is 3.02. The van der Waals surface area contributed by atoms with Crippen LogP contribution in [-0.2, 0) is 10.0 Å². The Hall–Kier alpha value is -0.430. The lowest BCUT2D eigenvalue weighted by Crippen LogP contribution is -2.30. The number of hydrogen-bond donors (Lipinski definition) is 1. The lowest BCUT2D eigenvalue weighted by Gasteiger charge is -2.16. The van der Waals surface area contributed by atoms with Crippen LogP contribution in [-0.4, -0.2) is 32.4 Å².